The molecule has 0 aromatic carbocycles. The van der Waals surface area contributed by atoms with E-state index in [0.717, 1.165) is 23.3 Å². The maximum Gasteiger partial charge on any atom is 0.252 e. The molecule has 4 nitrogen and oxygen atoms in total. The van der Waals surface area contributed by atoms with Crippen LogP contribution in [0.1, 0.15) is 37.6 Å². The summed E-state index contributed by atoms with van der Waals surface area (Å²) in [6.45, 7) is 7.90. The molecule has 0 saturated heterocycles. The van der Waals surface area contributed by atoms with Crippen molar-refractivity contribution in [3.63, 3.8) is 0 Å². The highest BCUT2D eigenvalue weighted by molar-refractivity contribution is 7.91. The molecule has 104 valence electrons. The molecule has 6 heteroatoms. The Balaban J connectivity index is 3.18. The summed E-state index contributed by atoms with van der Waals surface area (Å²) in [5.74, 6) is 0. The average Bonchev–Trinajstić information content (AvgIpc) is 2.71. The van der Waals surface area contributed by atoms with E-state index in [0.29, 0.717) is 15.6 Å². The number of rotatable bonds is 6. The predicted octanol–water partition coefficient (Wildman–Crippen LogP) is 2.36. The zero-order valence-corrected chi connectivity index (χ0v) is 12.9. The van der Waals surface area contributed by atoms with Crippen molar-refractivity contribution in [2.24, 2.45) is 0 Å². The minimum atomic E-state index is -3.43. The van der Waals surface area contributed by atoms with E-state index in [1.165, 1.54) is 4.31 Å². The molecule has 0 fully saturated rings. The van der Waals surface area contributed by atoms with Crippen molar-refractivity contribution in [1.82, 2.24) is 4.31 Å². The molecule has 1 heterocycles. The SMILES string of the molecule is CCC(C)N(CC)S(=O)(=O)c1cc(C)c(CO)s1. The van der Waals surface area contributed by atoms with Crippen molar-refractivity contribution in [2.75, 3.05) is 6.54 Å². The lowest BCUT2D eigenvalue weighted by Gasteiger charge is -2.25. The van der Waals surface area contributed by atoms with Crippen LogP contribution in [0.4, 0.5) is 0 Å². The average molecular weight is 291 g/mol. The van der Waals surface area contributed by atoms with Crippen molar-refractivity contribution in [3.05, 3.63) is 16.5 Å². The van der Waals surface area contributed by atoms with Crippen molar-refractivity contribution in [3.8, 4) is 0 Å². The van der Waals surface area contributed by atoms with Crippen LogP contribution in [-0.4, -0.2) is 30.4 Å². The fourth-order valence-corrected chi connectivity index (χ4v) is 5.10. The Kier molecular flexibility index (Phi) is 5.33. The van der Waals surface area contributed by atoms with E-state index in [1.807, 2.05) is 27.7 Å². The Hall–Kier alpha value is -0.430. The highest BCUT2D eigenvalue weighted by Crippen LogP contribution is 2.29. The van der Waals surface area contributed by atoms with Crippen molar-refractivity contribution >= 4 is 21.4 Å². The molecule has 18 heavy (non-hydrogen) atoms. The molecule has 1 aromatic heterocycles. The van der Waals surface area contributed by atoms with Crippen LogP contribution in [0.15, 0.2) is 10.3 Å². The molecule has 1 aromatic rings. The second-order valence-electron chi connectivity index (χ2n) is 4.30. The highest BCUT2D eigenvalue weighted by atomic mass is 32.2. The van der Waals surface area contributed by atoms with Gasteiger partial charge in [-0.1, -0.05) is 13.8 Å². The van der Waals surface area contributed by atoms with E-state index in [4.69, 9.17) is 5.11 Å². The lowest BCUT2D eigenvalue weighted by molar-refractivity contribution is 0.285. The second-order valence-corrected chi connectivity index (χ2v) is 7.55. The molecule has 1 atom stereocenters. The van der Waals surface area contributed by atoms with Gasteiger partial charge in [0.1, 0.15) is 4.21 Å². The van der Waals surface area contributed by atoms with Gasteiger partial charge >= 0.3 is 0 Å². The molecule has 0 aliphatic heterocycles. The summed E-state index contributed by atoms with van der Waals surface area (Å²) in [6.07, 6.45) is 0.782. The summed E-state index contributed by atoms with van der Waals surface area (Å²) < 4.78 is 26.8. The number of aryl methyl sites for hydroxylation is 1. The van der Waals surface area contributed by atoms with Gasteiger partial charge in [-0.2, -0.15) is 4.31 Å². The first-order chi connectivity index (χ1) is 8.38. The molecule has 0 saturated carbocycles. The minimum Gasteiger partial charge on any atom is -0.391 e. The third kappa shape index (κ3) is 2.93. The van der Waals surface area contributed by atoms with Crippen LogP contribution in [0.25, 0.3) is 0 Å². The van der Waals surface area contributed by atoms with Crippen LogP contribution in [0.5, 0.6) is 0 Å². The summed E-state index contributed by atoms with van der Waals surface area (Å²) in [4.78, 5) is 0.716. The Morgan fingerprint density at radius 2 is 2.06 bits per heavy atom. The third-order valence-corrected chi connectivity index (χ3v) is 6.86. The van der Waals surface area contributed by atoms with Gasteiger partial charge in [-0.3, -0.25) is 0 Å². The Bertz CT molecular complexity index is 493. The summed E-state index contributed by atoms with van der Waals surface area (Å²) in [7, 11) is -3.43. The lowest BCUT2D eigenvalue weighted by atomic mass is 10.3. The molecular weight excluding hydrogens is 270 g/mol. The second kappa shape index (κ2) is 6.14. The van der Waals surface area contributed by atoms with E-state index < -0.39 is 10.0 Å². The van der Waals surface area contributed by atoms with Crippen LogP contribution >= 0.6 is 11.3 Å². The highest BCUT2D eigenvalue weighted by Gasteiger charge is 2.28. The fourth-order valence-electron chi connectivity index (χ4n) is 1.81. The minimum absolute atomic E-state index is 0.0139. The first-order valence-corrected chi connectivity index (χ1v) is 8.36. The normalized spacial score (nSPS) is 14.1. The number of sulfonamides is 1. The van der Waals surface area contributed by atoms with Crippen molar-refractivity contribution in [1.29, 1.82) is 0 Å². The fraction of sp³-hybridized carbons (Fsp3) is 0.667. The van der Waals surface area contributed by atoms with E-state index in [1.54, 1.807) is 6.07 Å². The van der Waals surface area contributed by atoms with E-state index in [-0.39, 0.29) is 12.6 Å². The maximum absolute atomic E-state index is 12.5. The molecular formula is C12H21NO3S2. The lowest BCUT2D eigenvalue weighted by Crippen LogP contribution is -2.37. The molecule has 0 spiro atoms. The van der Waals surface area contributed by atoms with Gasteiger partial charge in [0.2, 0.25) is 0 Å². The van der Waals surface area contributed by atoms with Crippen molar-refractivity contribution in [2.45, 2.75) is 51.0 Å². The molecule has 1 unspecified atom stereocenters. The van der Waals surface area contributed by atoms with E-state index in [2.05, 4.69) is 0 Å². The topological polar surface area (TPSA) is 57.6 Å². The van der Waals surface area contributed by atoms with Crippen LogP contribution in [0, 0.1) is 6.92 Å². The van der Waals surface area contributed by atoms with Gasteiger partial charge in [0.15, 0.2) is 0 Å². The first kappa shape index (κ1) is 15.6. The van der Waals surface area contributed by atoms with Crippen LogP contribution in [-0.2, 0) is 16.6 Å². The van der Waals surface area contributed by atoms with Gasteiger partial charge in [0, 0.05) is 17.5 Å². The molecule has 1 rings (SSSR count). The smallest absolute Gasteiger partial charge is 0.252 e. The van der Waals surface area contributed by atoms with Crippen LogP contribution < -0.4 is 0 Å². The molecule has 0 radical (unpaired) electrons. The van der Waals surface area contributed by atoms with E-state index in [9.17, 15) is 8.42 Å². The Morgan fingerprint density at radius 3 is 2.44 bits per heavy atom. The summed E-state index contributed by atoms with van der Waals surface area (Å²) in [6, 6.07) is 1.64. The van der Waals surface area contributed by atoms with Crippen LogP contribution in [0.3, 0.4) is 0 Å². The molecule has 0 aliphatic carbocycles. The monoisotopic (exact) mass is 291 g/mol. The molecule has 1 N–H and O–H groups in total. The zero-order chi connectivity index (χ0) is 13.9. The van der Waals surface area contributed by atoms with E-state index >= 15 is 0 Å². The largest absolute Gasteiger partial charge is 0.391 e. The van der Waals surface area contributed by atoms with Gasteiger partial charge in [-0.25, -0.2) is 8.42 Å². The van der Waals surface area contributed by atoms with Crippen LogP contribution in [0.2, 0.25) is 0 Å². The molecule has 0 aliphatic rings. The third-order valence-electron chi connectivity index (χ3n) is 3.10. The number of aliphatic hydroxyl groups excluding tert-OH is 1. The van der Waals surface area contributed by atoms with Gasteiger partial charge in [0.05, 0.1) is 6.61 Å². The summed E-state index contributed by atoms with van der Waals surface area (Å²) >= 11 is 1.16. The standard InChI is InChI=1S/C12H21NO3S2/c1-5-10(4)13(6-2)18(15,16)12-7-9(3)11(8-14)17-12/h7,10,14H,5-6,8H2,1-4H3. The molecule has 0 amide bonds. The zero-order valence-electron chi connectivity index (χ0n) is 11.3. The Morgan fingerprint density at radius 1 is 1.44 bits per heavy atom. The molecule has 0 bridgehead atoms. The van der Waals surface area contributed by atoms with Gasteiger partial charge < -0.3 is 5.11 Å². The quantitative estimate of drug-likeness (QED) is 0.875. The van der Waals surface area contributed by atoms with Gasteiger partial charge in [0.25, 0.3) is 10.0 Å². The first-order valence-electron chi connectivity index (χ1n) is 6.10. The number of thiophene rings is 1. The van der Waals surface area contributed by atoms with Gasteiger partial charge in [-0.05, 0) is 31.9 Å². The van der Waals surface area contributed by atoms with Crippen molar-refractivity contribution < 1.29 is 13.5 Å². The van der Waals surface area contributed by atoms with Gasteiger partial charge in [-0.15, -0.1) is 11.3 Å². The number of nitrogens with zero attached hydrogens (tertiary/aromatic N) is 1. The number of hydrogen-bond acceptors (Lipinski definition) is 4. The maximum atomic E-state index is 12.5. The Labute approximate surface area is 113 Å². The predicted molar refractivity (Wildman–Crippen MR) is 74.3 cm³/mol. The number of aliphatic hydroxyl groups is 1. The number of hydrogen-bond donors (Lipinski definition) is 1. The summed E-state index contributed by atoms with van der Waals surface area (Å²) in [5, 5.41) is 9.15. The summed E-state index contributed by atoms with van der Waals surface area (Å²) in [5.41, 5.74) is 0.835.